The Balaban J connectivity index is 1.66. The van der Waals surface area contributed by atoms with Gasteiger partial charge in [0.1, 0.15) is 5.82 Å². The molecule has 1 atom stereocenters. The van der Waals surface area contributed by atoms with Crippen LogP contribution in [0.4, 0.5) is 10.1 Å². The van der Waals surface area contributed by atoms with E-state index in [1.54, 1.807) is 12.1 Å². The molecule has 0 spiro atoms. The van der Waals surface area contributed by atoms with Crippen molar-refractivity contribution >= 4 is 17.5 Å². The highest BCUT2D eigenvalue weighted by atomic mass is 19.1. The summed E-state index contributed by atoms with van der Waals surface area (Å²) in [7, 11) is 0. The van der Waals surface area contributed by atoms with E-state index in [2.05, 4.69) is 5.32 Å². The van der Waals surface area contributed by atoms with E-state index >= 15 is 0 Å². The van der Waals surface area contributed by atoms with Crippen LogP contribution in [0.3, 0.4) is 0 Å². The van der Waals surface area contributed by atoms with E-state index in [9.17, 15) is 14.0 Å². The lowest BCUT2D eigenvalue weighted by atomic mass is 10.2. The number of hydrogen-bond acceptors (Lipinski definition) is 4. The molecule has 2 saturated heterocycles. The molecule has 7 heteroatoms. The Kier molecular flexibility index (Phi) is 4.24. The SMILES string of the molecule is O=C1CN(C(=O)[C@H]2CN(c3ccc(F)cc3)CCO2)CCN1. The number of hydrogen-bond donors (Lipinski definition) is 1. The molecule has 0 radical (unpaired) electrons. The van der Waals surface area contributed by atoms with Crippen molar-refractivity contribution in [3.05, 3.63) is 30.1 Å². The van der Waals surface area contributed by atoms with Gasteiger partial charge in [-0.25, -0.2) is 4.39 Å². The van der Waals surface area contributed by atoms with Crippen LogP contribution in [0.15, 0.2) is 24.3 Å². The maximum atomic E-state index is 13.0. The molecule has 2 heterocycles. The lowest BCUT2D eigenvalue weighted by molar-refractivity contribution is -0.148. The van der Waals surface area contributed by atoms with E-state index < -0.39 is 6.10 Å². The minimum Gasteiger partial charge on any atom is -0.366 e. The molecule has 3 rings (SSSR count). The monoisotopic (exact) mass is 307 g/mol. The standard InChI is InChI=1S/C15H18FN3O3/c16-11-1-3-12(4-2-11)18-7-8-22-13(9-18)15(21)19-6-5-17-14(20)10-19/h1-4,13H,5-10H2,(H,17,20)/t13-/m1/s1. The fraction of sp³-hybridized carbons (Fsp3) is 0.467. The second-order valence-electron chi connectivity index (χ2n) is 5.39. The molecule has 6 nitrogen and oxygen atoms in total. The van der Waals surface area contributed by atoms with Gasteiger partial charge < -0.3 is 19.9 Å². The topological polar surface area (TPSA) is 61.9 Å². The van der Waals surface area contributed by atoms with Crippen molar-refractivity contribution in [2.75, 3.05) is 44.2 Å². The van der Waals surface area contributed by atoms with Gasteiger partial charge >= 0.3 is 0 Å². The highest BCUT2D eigenvalue weighted by molar-refractivity contribution is 5.88. The number of rotatable bonds is 2. The molecule has 1 N–H and O–H groups in total. The third kappa shape index (κ3) is 3.19. The number of piperazine rings is 1. The Morgan fingerprint density at radius 1 is 1.27 bits per heavy atom. The maximum absolute atomic E-state index is 13.0. The molecule has 0 aromatic heterocycles. The number of ether oxygens (including phenoxy) is 1. The maximum Gasteiger partial charge on any atom is 0.254 e. The molecule has 2 aliphatic heterocycles. The predicted octanol–water partition coefficient (Wildman–Crippen LogP) is -0.0107. The van der Waals surface area contributed by atoms with Gasteiger partial charge in [0.05, 0.1) is 19.7 Å². The summed E-state index contributed by atoms with van der Waals surface area (Å²) >= 11 is 0. The quantitative estimate of drug-likeness (QED) is 0.835. The van der Waals surface area contributed by atoms with Gasteiger partial charge in [-0.05, 0) is 24.3 Å². The van der Waals surface area contributed by atoms with E-state index in [0.717, 1.165) is 5.69 Å². The van der Waals surface area contributed by atoms with E-state index in [-0.39, 0.29) is 24.2 Å². The predicted molar refractivity (Wildman–Crippen MR) is 77.9 cm³/mol. The van der Waals surface area contributed by atoms with Gasteiger partial charge in [-0.3, -0.25) is 9.59 Å². The summed E-state index contributed by atoms with van der Waals surface area (Å²) in [5.41, 5.74) is 0.860. The van der Waals surface area contributed by atoms with Gasteiger partial charge in [0.15, 0.2) is 6.10 Å². The molecule has 2 fully saturated rings. The van der Waals surface area contributed by atoms with Crippen LogP contribution in [-0.4, -0.2) is 62.1 Å². The van der Waals surface area contributed by atoms with Gasteiger partial charge in [-0.2, -0.15) is 0 Å². The minimum atomic E-state index is -0.593. The average Bonchev–Trinajstić information content (AvgIpc) is 2.55. The van der Waals surface area contributed by atoms with Crippen LogP contribution in [-0.2, 0) is 14.3 Å². The second-order valence-corrected chi connectivity index (χ2v) is 5.39. The van der Waals surface area contributed by atoms with Crippen LogP contribution in [0.1, 0.15) is 0 Å². The number of carbonyl (C=O) groups is 2. The van der Waals surface area contributed by atoms with Crippen molar-refractivity contribution in [1.82, 2.24) is 10.2 Å². The summed E-state index contributed by atoms with van der Waals surface area (Å²) in [6, 6.07) is 6.18. The van der Waals surface area contributed by atoms with Crippen molar-refractivity contribution in [3.8, 4) is 0 Å². The fourth-order valence-electron chi connectivity index (χ4n) is 2.72. The Bertz CT molecular complexity index is 564. The lowest BCUT2D eigenvalue weighted by Crippen LogP contribution is -2.56. The van der Waals surface area contributed by atoms with Crippen LogP contribution in [0, 0.1) is 5.82 Å². The third-order valence-electron chi connectivity index (χ3n) is 3.88. The number of nitrogens with zero attached hydrogens (tertiary/aromatic N) is 2. The average molecular weight is 307 g/mol. The smallest absolute Gasteiger partial charge is 0.254 e. The van der Waals surface area contributed by atoms with E-state index in [0.29, 0.717) is 32.8 Å². The minimum absolute atomic E-state index is 0.0786. The summed E-state index contributed by atoms with van der Waals surface area (Å²) < 4.78 is 18.6. The Labute approximate surface area is 127 Å². The molecule has 22 heavy (non-hydrogen) atoms. The van der Waals surface area contributed by atoms with Gasteiger partial charge in [-0.15, -0.1) is 0 Å². The number of nitrogens with one attached hydrogen (secondary N) is 1. The molecular weight excluding hydrogens is 289 g/mol. The molecule has 118 valence electrons. The fourth-order valence-corrected chi connectivity index (χ4v) is 2.72. The number of amides is 2. The normalized spacial score (nSPS) is 22.4. The lowest BCUT2D eigenvalue weighted by Gasteiger charge is -2.37. The summed E-state index contributed by atoms with van der Waals surface area (Å²) in [6.45, 7) is 2.53. The zero-order chi connectivity index (χ0) is 15.5. The van der Waals surface area contributed by atoms with E-state index in [1.165, 1.54) is 17.0 Å². The highest BCUT2D eigenvalue weighted by Gasteiger charge is 2.32. The highest BCUT2D eigenvalue weighted by Crippen LogP contribution is 2.19. The zero-order valence-corrected chi connectivity index (χ0v) is 12.1. The Morgan fingerprint density at radius 3 is 2.77 bits per heavy atom. The Hall–Kier alpha value is -2.15. The van der Waals surface area contributed by atoms with Crippen LogP contribution in [0.2, 0.25) is 0 Å². The second kappa shape index (κ2) is 6.31. The van der Waals surface area contributed by atoms with Crippen molar-refractivity contribution in [3.63, 3.8) is 0 Å². The molecular formula is C15H18FN3O3. The first-order valence-electron chi connectivity index (χ1n) is 7.31. The largest absolute Gasteiger partial charge is 0.366 e. The Morgan fingerprint density at radius 2 is 2.05 bits per heavy atom. The summed E-state index contributed by atoms with van der Waals surface area (Å²) in [5, 5.41) is 2.69. The first-order chi connectivity index (χ1) is 10.6. The summed E-state index contributed by atoms with van der Waals surface area (Å²) in [5.74, 6) is -0.601. The van der Waals surface area contributed by atoms with Crippen molar-refractivity contribution in [2.24, 2.45) is 0 Å². The number of anilines is 1. The van der Waals surface area contributed by atoms with E-state index in [1.807, 2.05) is 4.90 Å². The first-order valence-corrected chi connectivity index (χ1v) is 7.31. The molecule has 0 unspecified atom stereocenters. The summed E-state index contributed by atoms with van der Waals surface area (Å²) in [6.07, 6.45) is -0.593. The van der Waals surface area contributed by atoms with E-state index in [4.69, 9.17) is 4.74 Å². The number of carbonyl (C=O) groups excluding carboxylic acids is 2. The van der Waals surface area contributed by atoms with Crippen LogP contribution in [0.25, 0.3) is 0 Å². The molecule has 1 aromatic carbocycles. The molecule has 0 bridgehead atoms. The molecule has 2 aliphatic rings. The molecule has 0 aliphatic carbocycles. The van der Waals surface area contributed by atoms with Gasteiger partial charge in [0.25, 0.3) is 5.91 Å². The molecule has 0 saturated carbocycles. The van der Waals surface area contributed by atoms with Gasteiger partial charge in [-0.1, -0.05) is 0 Å². The van der Waals surface area contributed by atoms with Crippen LogP contribution >= 0.6 is 0 Å². The zero-order valence-electron chi connectivity index (χ0n) is 12.1. The van der Waals surface area contributed by atoms with Gasteiger partial charge in [0, 0.05) is 25.3 Å². The van der Waals surface area contributed by atoms with Crippen molar-refractivity contribution in [1.29, 1.82) is 0 Å². The third-order valence-corrected chi connectivity index (χ3v) is 3.88. The summed E-state index contributed by atoms with van der Waals surface area (Å²) in [4.78, 5) is 27.4. The molecule has 2 amide bonds. The molecule has 1 aromatic rings. The van der Waals surface area contributed by atoms with Crippen molar-refractivity contribution in [2.45, 2.75) is 6.10 Å². The number of benzene rings is 1. The van der Waals surface area contributed by atoms with Crippen LogP contribution in [0.5, 0.6) is 0 Å². The first kappa shape index (κ1) is 14.8. The van der Waals surface area contributed by atoms with Gasteiger partial charge in [0.2, 0.25) is 5.91 Å². The van der Waals surface area contributed by atoms with Crippen LogP contribution < -0.4 is 10.2 Å². The number of morpholine rings is 1. The van der Waals surface area contributed by atoms with Crippen molar-refractivity contribution < 1.29 is 18.7 Å². The number of halogens is 1.